The first-order chi connectivity index (χ1) is 8.58. The van der Waals surface area contributed by atoms with Crippen molar-refractivity contribution in [3.05, 3.63) is 18.1 Å². The summed E-state index contributed by atoms with van der Waals surface area (Å²) >= 11 is 0. The van der Waals surface area contributed by atoms with Gasteiger partial charge in [-0.25, -0.2) is 4.98 Å². The standard InChI is InChI=1S/C14H25N3O/c1-11(2)6-5-7-18-14-10-16-13(9-17-14)8-15-12(3)4/h9-12,15H,5-8H2,1-4H3. The van der Waals surface area contributed by atoms with E-state index in [0.29, 0.717) is 11.9 Å². The van der Waals surface area contributed by atoms with Gasteiger partial charge in [-0.1, -0.05) is 27.7 Å². The SMILES string of the molecule is CC(C)CCCOc1cnc(CNC(C)C)cn1. The molecule has 1 heterocycles. The summed E-state index contributed by atoms with van der Waals surface area (Å²) in [4.78, 5) is 8.56. The van der Waals surface area contributed by atoms with Gasteiger partial charge in [0.2, 0.25) is 5.88 Å². The molecule has 0 aliphatic heterocycles. The van der Waals surface area contributed by atoms with Crippen LogP contribution in [-0.4, -0.2) is 22.6 Å². The van der Waals surface area contributed by atoms with Gasteiger partial charge in [0.05, 0.1) is 24.7 Å². The molecule has 1 aromatic heterocycles. The molecule has 4 nitrogen and oxygen atoms in total. The van der Waals surface area contributed by atoms with Gasteiger partial charge >= 0.3 is 0 Å². The van der Waals surface area contributed by atoms with E-state index in [9.17, 15) is 0 Å². The molecule has 4 heteroatoms. The lowest BCUT2D eigenvalue weighted by Gasteiger charge is -2.08. The summed E-state index contributed by atoms with van der Waals surface area (Å²) in [6.45, 7) is 10.1. The summed E-state index contributed by atoms with van der Waals surface area (Å²) in [5, 5.41) is 3.30. The van der Waals surface area contributed by atoms with Crippen LogP contribution in [0.3, 0.4) is 0 Å². The van der Waals surface area contributed by atoms with Gasteiger partial charge in [0.25, 0.3) is 0 Å². The van der Waals surface area contributed by atoms with Crippen LogP contribution in [0.2, 0.25) is 0 Å². The molecule has 0 saturated carbocycles. The molecule has 0 aliphatic carbocycles. The minimum Gasteiger partial charge on any atom is -0.477 e. The summed E-state index contributed by atoms with van der Waals surface area (Å²) < 4.78 is 5.54. The molecule has 0 amide bonds. The van der Waals surface area contributed by atoms with Crippen LogP contribution >= 0.6 is 0 Å². The van der Waals surface area contributed by atoms with Crippen LogP contribution in [0.15, 0.2) is 12.4 Å². The molecule has 1 N–H and O–H groups in total. The van der Waals surface area contributed by atoms with Gasteiger partial charge in [-0.05, 0) is 18.8 Å². The van der Waals surface area contributed by atoms with E-state index >= 15 is 0 Å². The Kier molecular flexibility index (Phi) is 6.65. The third-order valence-corrected chi connectivity index (χ3v) is 2.55. The van der Waals surface area contributed by atoms with E-state index in [4.69, 9.17) is 4.74 Å². The minimum atomic E-state index is 0.457. The molecule has 0 saturated heterocycles. The molecule has 0 radical (unpaired) electrons. The molecule has 0 unspecified atom stereocenters. The largest absolute Gasteiger partial charge is 0.477 e. The predicted molar refractivity (Wildman–Crippen MR) is 73.6 cm³/mol. The molecule has 1 rings (SSSR count). The van der Waals surface area contributed by atoms with Gasteiger partial charge in [0.1, 0.15) is 0 Å². The van der Waals surface area contributed by atoms with Crippen LogP contribution in [0.1, 0.15) is 46.2 Å². The third kappa shape index (κ3) is 6.55. The van der Waals surface area contributed by atoms with E-state index in [2.05, 4.69) is 43.0 Å². The molecule has 0 aromatic carbocycles. The van der Waals surface area contributed by atoms with E-state index in [-0.39, 0.29) is 0 Å². The lowest BCUT2D eigenvalue weighted by Crippen LogP contribution is -2.22. The van der Waals surface area contributed by atoms with Gasteiger partial charge < -0.3 is 10.1 Å². The first-order valence-electron chi connectivity index (χ1n) is 6.75. The van der Waals surface area contributed by atoms with Crippen molar-refractivity contribution in [1.29, 1.82) is 0 Å². The number of rotatable bonds is 8. The average molecular weight is 251 g/mol. The first-order valence-corrected chi connectivity index (χ1v) is 6.75. The van der Waals surface area contributed by atoms with Crippen LogP contribution in [-0.2, 0) is 6.54 Å². The summed E-state index contributed by atoms with van der Waals surface area (Å²) in [6.07, 6.45) is 5.72. The molecule has 0 aliphatic rings. The Morgan fingerprint density at radius 1 is 1.17 bits per heavy atom. The number of aromatic nitrogens is 2. The highest BCUT2D eigenvalue weighted by atomic mass is 16.5. The van der Waals surface area contributed by atoms with Crippen LogP contribution < -0.4 is 10.1 Å². The zero-order valence-corrected chi connectivity index (χ0v) is 11.9. The van der Waals surface area contributed by atoms with Crippen molar-refractivity contribution in [3.8, 4) is 5.88 Å². The second-order valence-corrected chi connectivity index (χ2v) is 5.27. The van der Waals surface area contributed by atoms with E-state index in [1.54, 1.807) is 12.4 Å². The van der Waals surface area contributed by atoms with Gasteiger partial charge in [0.15, 0.2) is 0 Å². The Hall–Kier alpha value is -1.16. The maximum absolute atomic E-state index is 5.54. The smallest absolute Gasteiger partial charge is 0.232 e. The van der Waals surface area contributed by atoms with Gasteiger partial charge in [-0.15, -0.1) is 0 Å². The molecular formula is C14H25N3O. The molecule has 0 atom stereocenters. The van der Waals surface area contributed by atoms with Crippen LogP contribution in [0.25, 0.3) is 0 Å². The van der Waals surface area contributed by atoms with Crippen molar-refractivity contribution in [2.24, 2.45) is 5.92 Å². The Morgan fingerprint density at radius 3 is 2.50 bits per heavy atom. The molecule has 18 heavy (non-hydrogen) atoms. The highest BCUT2D eigenvalue weighted by molar-refractivity contribution is 5.07. The quantitative estimate of drug-likeness (QED) is 0.722. The lowest BCUT2D eigenvalue weighted by atomic mass is 10.1. The van der Waals surface area contributed by atoms with Crippen LogP contribution in [0.4, 0.5) is 0 Å². The summed E-state index contributed by atoms with van der Waals surface area (Å²) in [6, 6.07) is 0.457. The number of nitrogens with zero attached hydrogens (tertiary/aromatic N) is 2. The average Bonchev–Trinajstić information content (AvgIpc) is 2.33. The molecule has 1 aromatic rings. The molecule has 0 spiro atoms. The van der Waals surface area contributed by atoms with E-state index in [1.165, 1.54) is 6.42 Å². The topological polar surface area (TPSA) is 47.0 Å². The third-order valence-electron chi connectivity index (χ3n) is 2.55. The fourth-order valence-corrected chi connectivity index (χ4v) is 1.49. The Labute approximate surface area is 110 Å². The summed E-state index contributed by atoms with van der Waals surface area (Å²) in [5.41, 5.74) is 0.943. The Bertz CT molecular complexity index is 322. The lowest BCUT2D eigenvalue weighted by molar-refractivity contribution is 0.285. The van der Waals surface area contributed by atoms with E-state index in [0.717, 1.165) is 31.2 Å². The predicted octanol–water partition coefficient (Wildman–Crippen LogP) is 2.79. The van der Waals surface area contributed by atoms with Gasteiger partial charge in [-0.3, -0.25) is 4.98 Å². The monoisotopic (exact) mass is 251 g/mol. The zero-order valence-electron chi connectivity index (χ0n) is 11.9. The second-order valence-electron chi connectivity index (χ2n) is 5.27. The van der Waals surface area contributed by atoms with E-state index in [1.807, 2.05) is 0 Å². The van der Waals surface area contributed by atoms with Crippen LogP contribution in [0, 0.1) is 5.92 Å². The van der Waals surface area contributed by atoms with Gasteiger partial charge in [0, 0.05) is 12.6 Å². The van der Waals surface area contributed by atoms with E-state index < -0.39 is 0 Å². The normalized spacial score (nSPS) is 11.2. The van der Waals surface area contributed by atoms with Crippen molar-refractivity contribution >= 4 is 0 Å². The van der Waals surface area contributed by atoms with Crippen molar-refractivity contribution in [2.75, 3.05) is 6.61 Å². The molecular weight excluding hydrogens is 226 g/mol. The molecule has 102 valence electrons. The summed E-state index contributed by atoms with van der Waals surface area (Å²) in [5.74, 6) is 1.34. The number of hydrogen-bond acceptors (Lipinski definition) is 4. The summed E-state index contributed by atoms with van der Waals surface area (Å²) in [7, 11) is 0. The fourth-order valence-electron chi connectivity index (χ4n) is 1.49. The second kappa shape index (κ2) is 8.03. The molecule has 0 bridgehead atoms. The maximum atomic E-state index is 5.54. The van der Waals surface area contributed by atoms with Crippen molar-refractivity contribution in [1.82, 2.24) is 15.3 Å². The number of nitrogens with one attached hydrogen (secondary N) is 1. The Morgan fingerprint density at radius 2 is 1.94 bits per heavy atom. The maximum Gasteiger partial charge on any atom is 0.232 e. The highest BCUT2D eigenvalue weighted by Crippen LogP contribution is 2.07. The Balaban J connectivity index is 2.27. The number of hydrogen-bond donors (Lipinski definition) is 1. The van der Waals surface area contributed by atoms with Gasteiger partial charge in [-0.2, -0.15) is 0 Å². The van der Waals surface area contributed by atoms with Crippen molar-refractivity contribution < 1.29 is 4.74 Å². The molecule has 0 fully saturated rings. The van der Waals surface area contributed by atoms with Crippen molar-refractivity contribution in [3.63, 3.8) is 0 Å². The fraction of sp³-hybridized carbons (Fsp3) is 0.714. The minimum absolute atomic E-state index is 0.457. The number of ether oxygens (including phenoxy) is 1. The highest BCUT2D eigenvalue weighted by Gasteiger charge is 2.00. The van der Waals surface area contributed by atoms with Crippen LogP contribution in [0.5, 0.6) is 5.88 Å². The zero-order chi connectivity index (χ0) is 13.4. The first kappa shape index (κ1) is 14.9. The van der Waals surface area contributed by atoms with Crippen molar-refractivity contribution in [2.45, 2.75) is 53.1 Å².